The topological polar surface area (TPSA) is 23.6 Å². The first-order valence-corrected chi connectivity index (χ1v) is 8.28. The summed E-state index contributed by atoms with van der Waals surface area (Å²) in [5, 5.41) is 2.61. The van der Waals surface area contributed by atoms with Gasteiger partial charge in [-0.2, -0.15) is 0 Å². The van der Waals surface area contributed by atoms with Crippen LogP contribution in [-0.4, -0.2) is 41.9 Å². The summed E-state index contributed by atoms with van der Waals surface area (Å²) in [7, 11) is 0. The van der Waals surface area contributed by atoms with E-state index in [9.17, 15) is 4.79 Å². The number of hydrogen-bond donors (Lipinski definition) is 0. The van der Waals surface area contributed by atoms with Gasteiger partial charge in [-0.3, -0.25) is 9.69 Å². The van der Waals surface area contributed by atoms with E-state index in [-0.39, 0.29) is 0 Å². The van der Waals surface area contributed by atoms with E-state index in [1.807, 2.05) is 0 Å². The highest BCUT2D eigenvalue weighted by Crippen LogP contribution is 2.31. The highest BCUT2D eigenvalue weighted by atomic mass is 16.2. The molecule has 3 nitrogen and oxygen atoms in total. The van der Waals surface area contributed by atoms with E-state index >= 15 is 0 Å². The van der Waals surface area contributed by atoms with Crippen LogP contribution < -0.4 is 0 Å². The summed E-state index contributed by atoms with van der Waals surface area (Å²) in [5.41, 5.74) is 1.36. The standard InChI is InChI=1S/C19H22N2O/c22-19(17-7-8-17)21-11-9-20(10-12-21)14-15-5-6-16-3-1-2-4-18(16)13-15/h1-6,13,17H,7-12,14H2. The van der Waals surface area contributed by atoms with Gasteiger partial charge < -0.3 is 4.90 Å². The molecule has 3 heteroatoms. The van der Waals surface area contributed by atoms with Crippen LogP contribution in [0, 0.1) is 5.92 Å². The molecule has 0 bridgehead atoms. The van der Waals surface area contributed by atoms with E-state index in [1.165, 1.54) is 16.3 Å². The molecule has 114 valence electrons. The molecule has 0 unspecified atom stereocenters. The van der Waals surface area contributed by atoms with Crippen LogP contribution in [0.1, 0.15) is 18.4 Å². The quantitative estimate of drug-likeness (QED) is 0.869. The van der Waals surface area contributed by atoms with Crippen molar-refractivity contribution < 1.29 is 4.79 Å². The second-order valence-electron chi connectivity index (χ2n) is 6.56. The normalized spacial score (nSPS) is 19.5. The van der Waals surface area contributed by atoms with Gasteiger partial charge in [-0.15, -0.1) is 0 Å². The second kappa shape index (κ2) is 5.73. The van der Waals surface area contributed by atoms with Gasteiger partial charge in [0.25, 0.3) is 0 Å². The molecule has 0 spiro atoms. The molecule has 1 saturated heterocycles. The second-order valence-corrected chi connectivity index (χ2v) is 6.56. The minimum absolute atomic E-state index is 0.354. The van der Waals surface area contributed by atoms with Gasteiger partial charge in [0, 0.05) is 38.6 Å². The summed E-state index contributed by atoms with van der Waals surface area (Å²) >= 11 is 0. The average Bonchev–Trinajstić information content (AvgIpc) is 3.40. The number of rotatable bonds is 3. The molecular weight excluding hydrogens is 272 g/mol. The molecule has 0 aromatic heterocycles. The van der Waals surface area contributed by atoms with E-state index in [0.29, 0.717) is 11.8 Å². The summed E-state index contributed by atoms with van der Waals surface area (Å²) in [6, 6.07) is 15.2. The van der Waals surface area contributed by atoms with Gasteiger partial charge in [0.15, 0.2) is 0 Å². The van der Waals surface area contributed by atoms with Crippen molar-refractivity contribution in [2.75, 3.05) is 26.2 Å². The fourth-order valence-electron chi connectivity index (χ4n) is 3.31. The molecule has 2 aromatic carbocycles. The van der Waals surface area contributed by atoms with Crippen LogP contribution in [0.3, 0.4) is 0 Å². The molecule has 1 heterocycles. The van der Waals surface area contributed by atoms with E-state index in [2.05, 4.69) is 52.3 Å². The van der Waals surface area contributed by atoms with Crippen LogP contribution in [0.25, 0.3) is 10.8 Å². The van der Waals surface area contributed by atoms with Crippen molar-refractivity contribution in [2.45, 2.75) is 19.4 Å². The van der Waals surface area contributed by atoms with Gasteiger partial charge >= 0.3 is 0 Å². The van der Waals surface area contributed by atoms with Crippen LogP contribution >= 0.6 is 0 Å². The number of fused-ring (bicyclic) bond motifs is 1. The zero-order valence-corrected chi connectivity index (χ0v) is 12.9. The molecule has 22 heavy (non-hydrogen) atoms. The maximum atomic E-state index is 12.1. The van der Waals surface area contributed by atoms with E-state index in [0.717, 1.165) is 45.6 Å². The first-order valence-electron chi connectivity index (χ1n) is 8.28. The Bertz CT molecular complexity index is 685. The number of carbonyl (C=O) groups excluding carboxylic acids is 1. The van der Waals surface area contributed by atoms with E-state index in [4.69, 9.17) is 0 Å². The van der Waals surface area contributed by atoms with Gasteiger partial charge in [0.05, 0.1) is 0 Å². The fourth-order valence-corrected chi connectivity index (χ4v) is 3.31. The Morgan fingerprint density at radius 1 is 0.955 bits per heavy atom. The maximum Gasteiger partial charge on any atom is 0.225 e. The lowest BCUT2D eigenvalue weighted by molar-refractivity contribution is -0.134. The Morgan fingerprint density at radius 3 is 2.41 bits per heavy atom. The van der Waals surface area contributed by atoms with Gasteiger partial charge in [-0.05, 0) is 35.2 Å². The largest absolute Gasteiger partial charge is 0.340 e. The minimum atomic E-state index is 0.354. The lowest BCUT2D eigenvalue weighted by Gasteiger charge is -2.35. The molecule has 1 saturated carbocycles. The first kappa shape index (κ1) is 13.8. The lowest BCUT2D eigenvalue weighted by atomic mass is 10.1. The molecule has 0 atom stereocenters. The van der Waals surface area contributed by atoms with Crippen LogP contribution in [0.5, 0.6) is 0 Å². The number of amides is 1. The Morgan fingerprint density at radius 2 is 1.68 bits per heavy atom. The van der Waals surface area contributed by atoms with Gasteiger partial charge in [-0.25, -0.2) is 0 Å². The van der Waals surface area contributed by atoms with Crippen LogP contribution in [0.15, 0.2) is 42.5 Å². The highest BCUT2D eigenvalue weighted by Gasteiger charge is 2.34. The van der Waals surface area contributed by atoms with Crippen molar-refractivity contribution in [3.8, 4) is 0 Å². The van der Waals surface area contributed by atoms with Gasteiger partial charge in [-0.1, -0.05) is 36.4 Å². The van der Waals surface area contributed by atoms with Crippen molar-refractivity contribution in [3.63, 3.8) is 0 Å². The minimum Gasteiger partial charge on any atom is -0.340 e. The summed E-state index contributed by atoms with van der Waals surface area (Å²) in [4.78, 5) is 16.6. The van der Waals surface area contributed by atoms with Crippen LogP contribution in [0.2, 0.25) is 0 Å². The predicted octanol–water partition coefficient (Wildman–Crippen LogP) is 2.89. The summed E-state index contributed by atoms with van der Waals surface area (Å²) in [6.07, 6.45) is 2.21. The zero-order valence-electron chi connectivity index (χ0n) is 12.9. The van der Waals surface area contributed by atoms with Crippen molar-refractivity contribution >= 4 is 16.7 Å². The van der Waals surface area contributed by atoms with Crippen molar-refractivity contribution in [3.05, 3.63) is 48.0 Å². The molecule has 2 fully saturated rings. The average molecular weight is 294 g/mol. The molecule has 2 aliphatic rings. The monoisotopic (exact) mass is 294 g/mol. The van der Waals surface area contributed by atoms with E-state index < -0.39 is 0 Å². The lowest BCUT2D eigenvalue weighted by Crippen LogP contribution is -2.48. The third kappa shape index (κ3) is 2.86. The summed E-state index contributed by atoms with van der Waals surface area (Å²) in [5.74, 6) is 0.748. The molecule has 1 amide bonds. The zero-order chi connectivity index (χ0) is 14.9. The van der Waals surface area contributed by atoms with Crippen LogP contribution in [-0.2, 0) is 11.3 Å². The van der Waals surface area contributed by atoms with E-state index in [1.54, 1.807) is 0 Å². The third-order valence-corrected chi connectivity index (χ3v) is 4.83. The molecular formula is C19H22N2O. The predicted molar refractivity (Wildman–Crippen MR) is 88.5 cm³/mol. The molecule has 0 radical (unpaired) electrons. The Kier molecular flexibility index (Phi) is 3.59. The van der Waals surface area contributed by atoms with Crippen molar-refractivity contribution in [2.24, 2.45) is 5.92 Å². The number of nitrogens with zero attached hydrogens (tertiary/aromatic N) is 2. The number of hydrogen-bond acceptors (Lipinski definition) is 2. The SMILES string of the molecule is O=C(C1CC1)N1CCN(Cc2ccc3ccccc3c2)CC1. The fraction of sp³-hybridized carbons (Fsp3) is 0.421. The molecule has 4 rings (SSSR count). The molecule has 2 aromatic rings. The Hall–Kier alpha value is -1.87. The summed E-state index contributed by atoms with van der Waals surface area (Å²) in [6.45, 7) is 4.75. The highest BCUT2D eigenvalue weighted by molar-refractivity contribution is 5.83. The van der Waals surface area contributed by atoms with Gasteiger partial charge in [0.2, 0.25) is 5.91 Å². The number of carbonyl (C=O) groups is 1. The molecule has 1 aliphatic carbocycles. The third-order valence-electron chi connectivity index (χ3n) is 4.83. The molecule has 1 aliphatic heterocycles. The van der Waals surface area contributed by atoms with Crippen LogP contribution in [0.4, 0.5) is 0 Å². The molecule has 0 N–H and O–H groups in total. The Labute approximate surface area is 131 Å². The summed E-state index contributed by atoms with van der Waals surface area (Å²) < 4.78 is 0. The smallest absolute Gasteiger partial charge is 0.225 e. The number of piperazine rings is 1. The number of benzene rings is 2. The Balaban J connectivity index is 1.38. The van der Waals surface area contributed by atoms with Crippen molar-refractivity contribution in [1.82, 2.24) is 9.80 Å². The first-order chi connectivity index (χ1) is 10.8. The van der Waals surface area contributed by atoms with Gasteiger partial charge in [0.1, 0.15) is 0 Å². The maximum absolute atomic E-state index is 12.1. The van der Waals surface area contributed by atoms with Crippen molar-refractivity contribution in [1.29, 1.82) is 0 Å².